The average Bonchev–Trinajstić information content (AvgIpc) is 2.75. The van der Waals surface area contributed by atoms with Gasteiger partial charge < -0.3 is 15.8 Å². The van der Waals surface area contributed by atoms with Crippen LogP contribution in [0.15, 0.2) is 24.3 Å². The molecule has 1 aromatic carbocycles. The molecule has 1 aromatic rings. The van der Waals surface area contributed by atoms with E-state index in [0.29, 0.717) is 13.0 Å². The number of benzene rings is 1. The van der Waals surface area contributed by atoms with Crippen molar-refractivity contribution in [2.24, 2.45) is 5.73 Å². The Hall–Kier alpha value is -1.39. The van der Waals surface area contributed by atoms with Crippen LogP contribution in [0.25, 0.3) is 0 Å². The molecule has 2 rings (SSSR count). The zero-order valence-corrected chi connectivity index (χ0v) is 10.7. The number of carbonyl (C=O) groups excluding carboxylic acids is 1. The van der Waals surface area contributed by atoms with Crippen LogP contribution in [0.4, 0.5) is 0 Å². The van der Waals surface area contributed by atoms with Gasteiger partial charge in [-0.1, -0.05) is 24.3 Å². The second-order valence-electron chi connectivity index (χ2n) is 4.69. The van der Waals surface area contributed by atoms with E-state index in [2.05, 4.69) is 5.32 Å². The van der Waals surface area contributed by atoms with Gasteiger partial charge in [0.25, 0.3) is 0 Å². The van der Waals surface area contributed by atoms with E-state index in [9.17, 15) is 4.79 Å². The fraction of sp³-hybridized carbons (Fsp3) is 0.500. The zero-order valence-electron chi connectivity index (χ0n) is 10.7. The van der Waals surface area contributed by atoms with Gasteiger partial charge in [0.2, 0.25) is 5.91 Å². The summed E-state index contributed by atoms with van der Waals surface area (Å²) in [7, 11) is 0. The number of rotatable bonds is 4. The summed E-state index contributed by atoms with van der Waals surface area (Å²) in [5.74, 6) is 0.0400. The maximum Gasteiger partial charge on any atom is 0.224 e. The fourth-order valence-corrected chi connectivity index (χ4v) is 2.28. The molecule has 0 radical (unpaired) electrons. The van der Waals surface area contributed by atoms with E-state index in [0.717, 1.165) is 24.2 Å². The predicted octanol–water partition coefficient (Wildman–Crippen LogP) is 0.981. The van der Waals surface area contributed by atoms with Crippen molar-refractivity contribution in [1.29, 1.82) is 0 Å². The van der Waals surface area contributed by atoms with E-state index in [1.165, 1.54) is 0 Å². The summed E-state index contributed by atoms with van der Waals surface area (Å²) >= 11 is 0. The highest BCUT2D eigenvalue weighted by atomic mass is 16.5. The van der Waals surface area contributed by atoms with Crippen LogP contribution < -0.4 is 11.1 Å². The molecule has 18 heavy (non-hydrogen) atoms. The number of nitrogens with two attached hydrogens (primary N) is 1. The second-order valence-corrected chi connectivity index (χ2v) is 4.69. The van der Waals surface area contributed by atoms with Gasteiger partial charge in [-0.3, -0.25) is 4.79 Å². The Kier molecular flexibility index (Phi) is 4.33. The molecule has 1 heterocycles. The topological polar surface area (TPSA) is 64.3 Å². The SMILES string of the molecule is CC1OCCC1NC(=O)Cc1ccccc1CN. The summed E-state index contributed by atoms with van der Waals surface area (Å²) in [5, 5.41) is 3.02. The maximum atomic E-state index is 12.0. The molecule has 1 fully saturated rings. The molecule has 4 nitrogen and oxygen atoms in total. The second kappa shape index (κ2) is 5.98. The Labute approximate surface area is 108 Å². The van der Waals surface area contributed by atoms with Crippen molar-refractivity contribution in [3.63, 3.8) is 0 Å². The molecule has 2 atom stereocenters. The minimum Gasteiger partial charge on any atom is -0.376 e. The highest BCUT2D eigenvalue weighted by Crippen LogP contribution is 2.13. The molecule has 1 aliphatic heterocycles. The summed E-state index contributed by atoms with van der Waals surface area (Å²) in [6.07, 6.45) is 1.39. The van der Waals surface area contributed by atoms with Gasteiger partial charge in [0.05, 0.1) is 18.6 Å². The highest BCUT2D eigenvalue weighted by molar-refractivity contribution is 5.79. The minimum atomic E-state index is 0.0400. The summed E-state index contributed by atoms with van der Waals surface area (Å²) in [6, 6.07) is 7.93. The maximum absolute atomic E-state index is 12.0. The molecule has 3 N–H and O–H groups in total. The molecule has 0 aromatic heterocycles. The lowest BCUT2D eigenvalue weighted by atomic mass is 10.0. The van der Waals surface area contributed by atoms with Gasteiger partial charge >= 0.3 is 0 Å². The number of hydrogen-bond donors (Lipinski definition) is 2. The summed E-state index contributed by atoms with van der Waals surface area (Å²) < 4.78 is 5.43. The minimum absolute atomic E-state index is 0.0400. The van der Waals surface area contributed by atoms with E-state index < -0.39 is 0 Å². The Balaban J connectivity index is 1.94. The van der Waals surface area contributed by atoms with Gasteiger partial charge in [0.1, 0.15) is 0 Å². The van der Waals surface area contributed by atoms with Gasteiger partial charge in [-0.05, 0) is 24.5 Å². The van der Waals surface area contributed by atoms with Crippen molar-refractivity contribution in [1.82, 2.24) is 5.32 Å². The van der Waals surface area contributed by atoms with Crippen molar-refractivity contribution < 1.29 is 9.53 Å². The number of nitrogens with one attached hydrogen (secondary N) is 1. The largest absolute Gasteiger partial charge is 0.376 e. The van der Waals surface area contributed by atoms with Crippen molar-refractivity contribution in [3.8, 4) is 0 Å². The third-order valence-corrected chi connectivity index (χ3v) is 3.41. The normalized spacial score (nSPS) is 23.0. The van der Waals surface area contributed by atoms with E-state index >= 15 is 0 Å². The number of hydrogen-bond acceptors (Lipinski definition) is 3. The first-order valence-electron chi connectivity index (χ1n) is 6.38. The molecule has 0 bridgehead atoms. The molecule has 98 valence electrons. The van der Waals surface area contributed by atoms with Gasteiger partial charge in [-0.25, -0.2) is 0 Å². The Morgan fingerprint density at radius 1 is 1.44 bits per heavy atom. The van der Waals surface area contributed by atoms with Gasteiger partial charge in [0.15, 0.2) is 0 Å². The average molecular weight is 248 g/mol. The van der Waals surface area contributed by atoms with Crippen LogP contribution in [0.1, 0.15) is 24.5 Å². The fourth-order valence-electron chi connectivity index (χ4n) is 2.28. The molecule has 1 saturated heterocycles. The van der Waals surface area contributed by atoms with E-state index in [1.54, 1.807) is 0 Å². The van der Waals surface area contributed by atoms with Crippen LogP contribution >= 0.6 is 0 Å². The van der Waals surface area contributed by atoms with Crippen LogP contribution in [0.3, 0.4) is 0 Å². The quantitative estimate of drug-likeness (QED) is 0.835. The number of ether oxygens (including phenoxy) is 1. The van der Waals surface area contributed by atoms with E-state index in [1.807, 2.05) is 31.2 Å². The monoisotopic (exact) mass is 248 g/mol. The number of amides is 1. The molecule has 1 amide bonds. The van der Waals surface area contributed by atoms with Crippen LogP contribution in [-0.4, -0.2) is 24.7 Å². The van der Waals surface area contributed by atoms with Crippen molar-refractivity contribution in [2.75, 3.05) is 6.61 Å². The predicted molar refractivity (Wildman–Crippen MR) is 70.0 cm³/mol. The summed E-state index contributed by atoms with van der Waals surface area (Å²) in [4.78, 5) is 12.0. The Morgan fingerprint density at radius 2 is 2.17 bits per heavy atom. The molecular formula is C14H20N2O2. The van der Waals surface area contributed by atoms with Crippen molar-refractivity contribution >= 4 is 5.91 Å². The van der Waals surface area contributed by atoms with E-state index in [-0.39, 0.29) is 18.1 Å². The molecular weight excluding hydrogens is 228 g/mol. The molecule has 2 unspecified atom stereocenters. The molecule has 0 saturated carbocycles. The van der Waals surface area contributed by atoms with Crippen molar-refractivity contribution in [2.45, 2.75) is 38.5 Å². The molecule has 1 aliphatic rings. The third kappa shape index (κ3) is 3.09. The Bertz CT molecular complexity index is 420. The first-order valence-corrected chi connectivity index (χ1v) is 6.38. The first kappa shape index (κ1) is 13.1. The molecule has 0 spiro atoms. The molecule has 0 aliphatic carbocycles. The highest BCUT2D eigenvalue weighted by Gasteiger charge is 2.25. The summed E-state index contributed by atoms with van der Waals surface area (Å²) in [6.45, 7) is 3.18. The standard InChI is InChI=1S/C14H20N2O2/c1-10-13(6-7-18-10)16-14(17)8-11-4-2-3-5-12(11)9-15/h2-5,10,13H,6-9,15H2,1H3,(H,16,17). The Morgan fingerprint density at radius 3 is 2.78 bits per heavy atom. The van der Waals surface area contributed by atoms with Gasteiger partial charge in [-0.2, -0.15) is 0 Å². The lowest BCUT2D eigenvalue weighted by Gasteiger charge is -2.16. The van der Waals surface area contributed by atoms with Crippen LogP contribution in [0.5, 0.6) is 0 Å². The van der Waals surface area contributed by atoms with Crippen LogP contribution in [-0.2, 0) is 22.5 Å². The first-order chi connectivity index (χ1) is 8.70. The van der Waals surface area contributed by atoms with E-state index in [4.69, 9.17) is 10.5 Å². The lowest BCUT2D eigenvalue weighted by molar-refractivity contribution is -0.121. The summed E-state index contributed by atoms with van der Waals surface area (Å²) in [5.41, 5.74) is 7.69. The van der Waals surface area contributed by atoms with Crippen LogP contribution in [0, 0.1) is 0 Å². The molecule has 4 heteroatoms. The van der Waals surface area contributed by atoms with Gasteiger partial charge in [-0.15, -0.1) is 0 Å². The lowest BCUT2D eigenvalue weighted by Crippen LogP contribution is -2.40. The van der Waals surface area contributed by atoms with Crippen molar-refractivity contribution in [3.05, 3.63) is 35.4 Å². The zero-order chi connectivity index (χ0) is 13.0. The van der Waals surface area contributed by atoms with Gasteiger partial charge in [0, 0.05) is 13.2 Å². The smallest absolute Gasteiger partial charge is 0.224 e. The number of carbonyl (C=O) groups is 1. The third-order valence-electron chi connectivity index (χ3n) is 3.41. The van der Waals surface area contributed by atoms with Crippen LogP contribution in [0.2, 0.25) is 0 Å².